The minimum atomic E-state index is -1.19. The first-order chi connectivity index (χ1) is 10.4. The number of β-lactam (4-membered cyclic amide) rings is 1. The van der Waals surface area contributed by atoms with E-state index >= 15 is 0 Å². The van der Waals surface area contributed by atoms with Gasteiger partial charge in [-0.25, -0.2) is 4.79 Å². The molecular weight excluding hydrogens is 308 g/mol. The highest BCUT2D eigenvalue weighted by Gasteiger charge is 2.51. The Labute approximate surface area is 130 Å². The fourth-order valence-corrected chi connectivity index (χ4v) is 3.95. The molecule has 1 aromatic rings. The Hall–Kier alpha value is -2.19. The highest BCUT2D eigenvalue weighted by Crippen LogP contribution is 2.41. The Kier molecular flexibility index (Phi) is 3.50. The topological polar surface area (TPSA) is 124 Å². The van der Waals surface area contributed by atoms with Crippen LogP contribution in [0.2, 0.25) is 0 Å². The van der Waals surface area contributed by atoms with Crippen molar-refractivity contribution in [2.24, 2.45) is 5.73 Å². The number of hydrogen-bond acceptors (Lipinski definition) is 6. The lowest BCUT2D eigenvalue weighted by Gasteiger charge is -2.48. The van der Waals surface area contributed by atoms with E-state index in [1.54, 1.807) is 0 Å². The van der Waals surface area contributed by atoms with Crippen molar-refractivity contribution >= 4 is 23.6 Å². The molecule has 22 heavy (non-hydrogen) atoms. The standard InChI is InChI=1S/C14H14N2O5S/c15-10-12(19)16-11(14(20)21)7(5-22-13(10)16)3-6-4-8(17)1-2-9(6)18/h1-2,4,10,13,17-18H,3,5,15H2,(H,20,21)/t10-,13+/m1/s1. The molecule has 2 aliphatic rings. The van der Waals surface area contributed by atoms with Crippen molar-refractivity contribution in [1.29, 1.82) is 0 Å². The number of carboxylic acids is 1. The summed E-state index contributed by atoms with van der Waals surface area (Å²) < 4.78 is 0. The average molecular weight is 322 g/mol. The Bertz CT molecular complexity index is 702. The van der Waals surface area contributed by atoms with Crippen molar-refractivity contribution in [2.75, 3.05) is 5.75 Å². The van der Waals surface area contributed by atoms with Gasteiger partial charge >= 0.3 is 5.97 Å². The molecule has 0 spiro atoms. The molecule has 116 valence electrons. The normalized spacial score (nSPS) is 24.0. The average Bonchev–Trinajstić information content (AvgIpc) is 2.49. The number of aliphatic carboxylic acids is 1. The van der Waals surface area contributed by atoms with Crippen LogP contribution in [0.25, 0.3) is 0 Å². The lowest BCUT2D eigenvalue weighted by molar-refractivity contribution is -0.148. The number of hydrogen-bond donors (Lipinski definition) is 4. The van der Waals surface area contributed by atoms with Crippen molar-refractivity contribution < 1.29 is 24.9 Å². The number of nitrogens with zero attached hydrogens (tertiary/aromatic N) is 1. The summed E-state index contributed by atoms with van der Waals surface area (Å²) in [6.45, 7) is 0. The predicted molar refractivity (Wildman–Crippen MR) is 79.2 cm³/mol. The smallest absolute Gasteiger partial charge is 0.352 e. The summed E-state index contributed by atoms with van der Waals surface area (Å²) in [5, 5.41) is 28.4. The van der Waals surface area contributed by atoms with E-state index in [9.17, 15) is 24.9 Å². The van der Waals surface area contributed by atoms with Crippen molar-refractivity contribution in [3.63, 3.8) is 0 Å². The highest BCUT2D eigenvalue weighted by atomic mass is 32.2. The maximum absolute atomic E-state index is 11.8. The Morgan fingerprint density at radius 3 is 2.82 bits per heavy atom. The van der Waals surface area contributed by atoms with Gasteiger partial charge in [-0.1, -0.05) is 0 Å². The van der Waals surface area contributed by atoms with Gasteiger partial charge in [0.2, 0.25) is 5.91 Å². The first-order valence-electron chi connectivity index (χ1n) is 6.56. The van der Waals surface area contributed by atoms with Gasteiger partial charge in [-0.2, -0.15) is 0 Å². The monoisotopic (exact) mass is 322 g/mol. The summed E-state index contributed by atoms with van der Waals surface area (Å²) in [6, 6.07) is 3.39. The zero-order valence-corrected chi connectivity index (χ0v) is 12.2. The predicted octanol–water partition coefficient (Wildman–Crippen LogP) is 0.221. The van der Waals surface area contributed by atoms with Crippen LogP contribution in [0.3, 0.4) is 0 Å². The highest BCUT2D eigenvalue weighted by molar-refractivity contribution is 8.00. The van der Waals surface area contributed by atoms with Crippen LogP contribution in [0.1, 0.15) is 5.56 Å². The quantitative estimate of drug-likeness (QED) is 0.463. The minimum Gasteiger partial charge on any atom is -0.508 e. The van der Waals surface area contributed by atoms with E-state index in [0.29, 0.717) is 16.9 Å². The van der Waals surface area contributed by atoms with Gasteiger partial charge in [-0.3, -0.25) is 9.69 Å². The number of carbonyl (C=O) groups excluding carboxylic acids is 1. The van der Waals surface area contributed by atoms with Crippen molar-refractivity contribution in [3.8, 4) is 11.5 Å². The molecule has 0 aliphatic carbocycles. The Morgan fingerprint density at radius 2 is 2.14 bits per heavy atom. The summed E-state index contributed by atoms with van der Waals surface area (Å²) in [5.41, 5.74) is 6.53. The molecule has 0 bridgehead atoms. The zero-order valence-electron chi connectivity index (χ0n) is 11.4. The molecule has 1 saturated heterocycles. The molecule has 1 aromatic carbocycles. The van der Waals surface area contributed by atoms with Crippen LogP contribution < -0.4 is 5.73 Å². The number of fused-ring (bicyclic) bond motifs is 1. The summed E-state index contributed by atoms with van der Waals surface area (Å²) in [7, 11) is 0. The summed E-state index contributed by atoms with van der Waals surface area (Å²) in [6.07, 6.45) is 0.139. The molecule has 2 heterocycles. The SMILES string of the molecule is N[C@@H]1C(=O)N2C(C(=O)O)=C(Cc3cc(O)ccc3O)CS[C@@H]12. The third-order valence-electron chi connectivity index (χ3n) is 3.76. The number of carbonyl (C=O) groups is 2. The third-order valence-corrected chi connectivity index (χ3v) is 5.12. The Balaban J connectivity index is 1.98. The molecule has 0 aromatic heterocycles. The van der Waals surface area contributed by atoms with E-state index in [2.05, 4.69) is 0 Å². The van der Waals surface area contributed by atoms with E-state index in [-0.39, 0.29) is 29.0 Å². The van der Waals surface area contributed by atoms with Gasteiger partial charge in [0, 0.05) is 17.7 Å². The van der Waals surface area contributed by atoms with Crippen LogP contribution in [0.5, 0.6) is 11.5 Å². The first-order valence-corrected chi connectivity index (χ1v) is 7.61. The Morgan fingerprint density at radius 1 is 1.41 bits per heavy atom. The summed E-state index contributed by atoms with van der Waals surface area (Å²) >= 11 is 1.40. The first kappa shape index (κ1) is 14.7. The molecule has 2 aliphatic heterocycles. The van der Waals surface area contributed by atoms with E-state index in [0.717, 1.165) is 0 Å². The number of nitrogens with two attached hydrogens (primary N) is 1. The summed E-state index contributed by atoms with van der Waals surface area (Å²) in [5.74, 6) is -1.26. The number of benzene rings is 1. The number of phenolic OH excluding ortho intramolecular Hbond substituents is 2. The van der Waals surface area contributed by atoms with Crippen molar-refractivity contribution in [3.05, 3.63) is 35.0 Å². The molecule has 1 fully saturated rings. The number of carboxylic acid groups (broad SMARTS) is 1. The van der Waals surface area contributed by atoms with Gasteiger partial charge in [0.05, 0.1) is 0 Å². The van der Waals surface area contributed by atoms with Crippen LogP contribution in [-0.2, 0) is 16.0 Å². The van der Waals surface area contributed by atoms with Crippen LogP contribution in [-0.4, -0.2) is 49.3 Å². The molecule has 8 heteroatoms. The number of amides is 1. The van der Waals surface area contributed by atoms with Crippen LogP contribution in [0, 0.1) is 0 Å². The number of aromatic hydroxyl groups is 2. The number of phenols is 2. The molecule has 0 radical (unpaired) electrons. The molecular formula is C14H14N2O5S. The van der Waals surface area contributed by atoms with E-state index < -0.39 is 17.9 Å². The van der Waals surface area contributed by atoms with Gasteiger partial charge in [0.25, 0.3) is 0 Å². The van der Waals surface area contributed by atoms with E-state index in [4.69, 9.17) is 5.73 Å². The number of thioether (sulfide) groups is 1. The van der Waals surface area contributed by atoms with Crippen molar-refractivity contribution in [1.82, 2.24) is 4.90 Å². The van der Waals surface area contributed by atoms with Crippen LogP contribution in [0.15, 0.2) is 29.5 Å². The molecule has 7 nitrogen and oxygen atoms in total. The third kappa shape index (κ3) is 2.20. The minimum absolute atomic E-state index is 0.0198. The van der Waals surface area contributed by atoms with Gasteiger partial charge in [0.1, 0.15) is 28.6 Å². The van der Waals surface area contributed by atoms with Gasteiger partial charge in [0.15, 0.2) is 0 Å². The molecule has 3 rings (SSSR count). The largest absolute Gasteiger partial charge is 0.508 e. The van der Waals surface area contributed by atoms with E-state index in [1.165, 1.54) is 34.9 Å². The van der Waals surface area contributed by atoms with Crippen LogP contribution >= 0.6 is 11.8 Å². The second-order valence-electron chi connectivity index (χ2n) is 5.18. The zero-order chi connectivity index (χ0) is 16.0. The lowest BCUT2D eigenvalue weighted by atomic mass is 9.99. The molecule has 2 atom stereocenters. The molecule has 5 N–H and O–H groups in total. The molecule has 1 amide bonds. The van der Waals surface area contributed by atoms with E-state index in [1.807, 2.05) is 0 Å². The fourth-order valence-electron chi connectivity index (χ4n) is 2.66. The summed E-state index contributed by atoms with van der Waals surface area (Å²) in [4.78, 5) is 24.6. The second-order valence-corrected chi connectivity index (χ2v) is 6.29. The lowest BCUT2D eigenvalue weighted by Crippen LogP contribution is -2.68. The van der Waals surface area contributed by atoms with Crippen LogP contribution in [0.4, 0.5) is 0 Å². The second kappa shape index (κ2) is 5.22. The maximum atomic E-state index is 11.8. The van der Waals surface area contributed by atoms with Gasteiger partial charge in [-0.15, -0.1) is 11.8 Å². The molecule has 0 unspecified atom stereocenters. The number of rotatable bonds is 3. The van der Waals surface area contributed by atoms with Crippen molar-refractivity contribution in [2.45, 2.75) is 17.8 Å². The van der Waals surface area contributed by atoms with Gasteiger partial charge < -0.3 is 21.1 Å². The maximum Gasteiger partial charge on any atom is 0.352 e. The fraction of sp³-hybridized carbons (Fsp3) is 0.286. The van der Waals surface area contributed by atoms with Gasteiger partial charge in [-0.05, 0) is 23.8 Å². The molecule has 0 saturated carbocycles.